The van der Waals surface area contributed by atoms with Gasteiger partial charge in [0.1, 0.15) is 12.2 Å². The Hall–Kier alpha value is -3.96. The van der Waals surface area contributed by atoms with E-state index < -0.39 is 18.8 Å². The van der Waals surface area contributed by atoms with Crippen molar-refractivity contribution in [2.75, 3.05) is 11.9 Å². The van der Waals surface area contributed by atoms with Gasteiger partial charge in [0.15, 0.2) is 0 Å². The normalized spacial score (nSPS) is 11.6. The zero-order chi connectivity index (χ0) is 20.4. The number of tetrazole rings is 1. The van der Waals surface area contributed by atoms with Crippen LogP contribution in [0.4, 0.5) is 23.7 Å². The van der Waals surface area contributed by atoms with Crippen LogP contribution < -0.4 is 10.6 Å². The fourth-order valence-corrected chi connectivity index (χ4v) is 2.73. The molecular weight excluding hydrogens is 389 g/mol. The fourth-order valence-electron chi connectivity index (χ4n) is 2.73. The van der Waals surface area contributed by atoms with E-state index in [1.165, 1.54) is 0 Å². The number of fused-ring (bicyclic) bond motifs is 1. The molecule has 1 aromatic carbocycles. The van der Waals surface area contributed by atoms with E-state index in [0.29, 0.717) is 17.2 Å². The predicted molar refractivity (Wildman–Crippen MR) is 96.9 cm³/mol. The molecule has 2 amide bonds. The van der Waals surface area contributed by atoms with Gasteiger partial charge < -0.3 is 10.6 Å². The van der Waals surface area contributed by atoms with Crippen LogP contribution in [-0.2, 0) is 0 Å². The number of imidazole rings is 1. The topological polar surface area (TPSA) is 113 Å². The molecule has 0 unspecified atom stereocenters. The van der Waals surface area contributed by atoms with E-state index >= 15 is 0 Å². The maximum atomic E-state index is 12.2. The lowest BCUT2D eigenvalue weighted by atomic mass is 10.1. The highest BCUT2D eigenvalue weighted by Gasteiger charge is 2.27. The number of hydrogen-bond donors (Lipinski definition) is 3. The number of halogens is 3. The van der Waals surface area contributed by atoms with Gasteiger partial charge in [-0.1, -0.05) is 12.1 Å². The van der Waals surface area contributed by atoms with Crippen LogP contribution in [0, 0.1) is 0 Å². The standard InChI is InChI=1S/C17H13F3N8O/c18-17(19,20)9-22-16(29)23-12-3-1-2-10(6-12)13-8-21-14-7-11(4-5-28(13)14)15-24-26-27-25-15/h1-8H,9H2,(H2,22,23,29)(H,24,25,26,27). The van der Waals surface area contributed by atoms with Crippen LogP contribution >= 0.6 is 0 Å². The SMILES string of the molecule is O=C(NCC(F)(F)F)Nc1cccc(-c2cnc3cc(-c4nn[nH]n4)ccn23)c1. The van der Waals surface area contributed by atoms with Gasteiger partial charge in [-0.25, -0.2) is 9.78 Å². The molecule has 4 aromatic rings. The van der Waals surface area contributed by atoms with Crippen LogP contribution in [0.2, 0.25) is 0 Å². The maximum Gasteiger partial charge on any atom is 0.405 e. The second-order valence-corrected chi connectivity index (χ2v) is 6.03. The monoisotopic (exact) mass is 402 g/mol. The number of rotatable bonds is 4. The first-order valence-corrected chi connectivity index (χ1v) is 8.32. The van der Waals surface area contributed by atoms with Crippen molar-refractivity contribution in [2.45, 2.75) is 6.18 Å². The number of carbonyl (C=O) groups excluding carboxylic acids is 1. The first-order valence-electron chi connectivity index (χ1n) is 8.32. The summed E-state index contributed by atoms with van der Waals surface area (Å²) in [6.45, 7) is -1.41. The Morgan fingerprint density at radius 2 is 2.03 bits per heavy atom. The van der Waals surface area contributed by atoms with Crippen molar-refractivity contribution in [1.29, 1.82) is 0 Å². The number of urea groups is 1. The van der Waals surface area contributed by atoms with E-state index in [1.807, 2.05) is 4.40 Å². The third-order valence-electron chi connectivity index (χ3n) is 3.98. The maximum absolute atomic E-state index is 12.2. The summed E-state index contributed by atoms with van der Waals surface area (Å²) in [5, 5.41) is 17.9. The van der Waals surface area contributed by atoms with Gasteiger partial charge in [-0.3, -0.25) is 4.40 Å². The van der Waals surface area contributed by atoms with Crippen molar-refractivity contribution in [2.24, 2.45) is 0 Å². The van der Waals surface area contributed by atoms with Crippen molar-refractivity contribution in [3.05, 3.63) is 48.8 Å². The Morgan fingerprint density at radius 3 is 2.79 bits per heavy atom. The number of nitrogens with one attached hydrogen (secondary N) is 3. The van der Waals surface area contributed by atoms with Crippen LogP contribution in [-0.4, -0.2) is 48.8 Å². The van der Waals surface area contributed by atoms with E-state index in [9.17, 15) is 18.0 Å². The van der Waals surface area contributed by atoms with Crippen molar-refractivity contribution >= 4 is 17.4 Å². The van der Waals surface area contributed by atoms with E-state index in [-0.39, 0.29) is 0 Å². The highest BCUT2D eigenvalue weighted by molar-refractivity contribution is 5.90. The Bertz CT molecular complexity index is 1150. The molecule has 0 bridgehead atoms. The molecule has 3 N–H and O–H groups in total. The van der Waals surface area contributed by atoms with Crippen LogP contribution in [0.3, 0.4) is 0 Å². The molecular formula is C17H13F3N8O. The Kier molecular flexibility index (Phi) is 4.58. The fraction of sp³-hybridized carbons (Fsp3) is 0.118. The third-order valence-corrected chi connectivity index (χ3v) is 3.98. The summed E-state index contributed by atoms with van der Waals surface area (Å²) < 4.78 is 38.4. The molecule has 29 heavy (non-hydrogen) atoms. The molecule has 0 fully saturated rings. The van der Waals surface area contributed by atoms with E-state index in [1.54, 1.807) is 54.1 Å². The molecule has 148 valence electrons. The van der Waals surface area contributed by atoms with Gasteiger partial charge in [0.2, 0.25) is 5.82 Å². The van der Waals surface area contributed by atoms with Gasteiger partial charge in [0, 0.05) is 23.0 Å². The molecule has 0 saturated heterocycles. The molecule has 4 rings (SSSR count). The van der Waals surface area contributed by atoms with Crippen LogP contribution in [0.15, 0.2) is 48.8 Å². The average molecular weight is 402 g/mol. The molecule has 0 saturated carbocycles. The second kappa shape index (κ2) is 7.22. The van der Waals surface area contributed by atoms with Gasteiger partial charge >= 0.3 is 12.2 Å². The van der Waals surface area contributed by atoms with Crippen LogP contribution in [0.1, 0.15) is 0 Å². The van der Waals surface area contributed by atoms with Crippen molar-refractivity contribution in [3.63, 3.8) is 0 Å². The number of aromatic nitrogens is 6. The lowest BCUT2D eigenvalue weighted by molar-refractivity contribution is -0.122. The van der Waals surface area contributed by atoms with Gasteiger partial charge in [0.25, 0.3) is 0 Å². The number of amides is 2. The molecule has 3 aromatic heterocycles. The molecule has 0 spiro atoms. The summed E-state index contributed by atoms with van der Waals surface area (Å²) in [7, 11) is 0. The summed E-state index contributed by atoms with van der Waals surface area (Å²) in [5.41, 5.74) is 3.18. The third kappa shape index (κ3) is 4.15. The Labute approximate surface area is 161 Å². The zero-order valence-electron chi connectivity index (χ0n) is 14.6. The highest BCUT2D eigenvalue weighted by Crippen LogP contribution is 2.25. The summed E-state index contributed by atoms with van der Waals surface area (Å²) in [5.74, 6) is 0.438. The minimum absolute atomic E-state index is 0.348. The molecule has 0 aliphatic carbocycles. The minimum Gasteiger partial charge on any atom is -0.329 e. The molecule has 0 radical (unpaired) electrons. The molecule has 12 heteroatoms. The lowest BCUT2D eigenvalue weighted by Gasteiger charge is -2.10. The Balaban J connectivity index is 1.56. The summed E-state index contributed by atoms with van der Waals surface area (Å²) in [6, 6.07) is 9.36. The number of pyridine rings is 1. The molecule has 0 atom stereocenters. The lowest BCUT2D eigenvalue weighted by Crippen LogP contribution is -2.36. The number of carbonyl (C=O) groups is 1. The second-order valence-electron chi connectivity index (χ2n) is 6.03. The minimum atomic E-state index is -4.48. The van der Waals surface area contributed by atoms with Gasteiger partial charge in [-0.2, -0.15) is 18.4 Å². The number of benzene rings is 1. The van der Waals surface area contributed by atoms with Crippen molar-refractivity contribution in [1.82, 2.24) is 35.3 Å². The first-order chi connectivity index (χ1) is 13.9. The zero-order valence-corrected chi connectivity index (χ0v) is 14.6. The largest absolute Gasteiger partial charge is 0.405 e. The van der Waals surface area contributed by atoms with E-state index in [4.69, 9.17) is 0 Å². The van der Waals surface area contributed by atoms with Crippen LogP contribution in [0.5, 0.6) is 0 Å². The number of hydrogen-bond acceptors (Lipinski definition) is 5. The van der Waals surface area contributed by atoms with Gasteiger partial charge in [-0.05, 0) is 29.5 Å². The number of H-pyrrole nitrogens is 1. The van der Waals surface area contributed by atoms with Gasteiger partial charge in [0.05, 0.1) is 11.9 Å². The molecule has 3 heterocycles. The average Bonchev–Trinajstić information content (AvgIpc) is 3.35. The van der Waals surface area contributed by atoms with E-state index in [0.717, 1.165) is 16.8 Å². The first kappa shape index (κ1) is 18.4. The predicted octanol–water partition coefficient (Wildman–Crippen LogP) is 2.87. The number of aromatic amines is 1. The number of alkyl halides is 3. The summed E-state index contributed by atoms with van der Waals surface area (Å²) >= 11 is 0. The van der Waals surface area contributed by atoms with Crippen molar-refractivity contribution in [3.8, 4) is 22.6 Å². The van der Waals surface area contributed by atoms with Crippen LogP contribution in [0.25, 0.3) is 28.3 Å². The number of anilines is 1. The van der Waals surface area contributed by atoms with Crippen molar-refractivity contribution < 1.29 is 18.0 Å². The summed E-state index contributed by atoms with van der Waals surface area (Å²) in [4.78, 5) is 16.0. The Morgan fingerprint density at radius 1 is 1.17 bits per heavy atom. The number of nitrogens with zero attached hydrogens (tertiary/aromatic N) is 5. The van der Waals surface area contributed by atoms with Gasteiger partial charge in [-0.15, -0.1) is 10.2 Å². The molecule has 9 nitrogen and oxygen atoms in total. The van der Waals surface area contributed by atoms with E-state index in [2.05, 4.69) is 30.9 Å². The molecule has 0 aliphatic heterocycles. The molecule has 0 aliphatic rings. The highest BCUT2D eigenvalue weighted by atomic mass is 19.4. The summed E-state index contributed by atoms with van der Waals surface area (Å²) in [6.07, 6.45) is -1.03. The smallest absolute Gasteiger partial charge is 0.329 e. The quantitative estimate of drug-likeness (QED) is 0.486.